The molecule has 1 fully saturated rings. The Hall–Kier alpha value is -1.13. The SMILES string of the molecule is C=CCC1(CC=C)CC(O)(C(N)=O)CC(C)(C)N1. The first-order chi connectivity index (χ1) is 8.19. The fourth-order valence-electron chi connectivity index (χ4n) is 3.22. The Kier molecular flexibility index (Phi) is 4.03. The molecule has 1 saturated heterocycles. The van der Waals surface area contributed by atoms with Crippen molar-refractivity contribution >= 4 is 5.91 Å². The number of hydrogen-bond donors (Lipinski definition) is 3. The molecule has 1 amide bonds. The Morgan fingerprint density at radius 3 is 2.22 bits per heavy atom. The zero-order valence-corrected chi connectivity index (χ0v) is 11.3. The van der Waals surface area contributed by atoms with Crippen LogP contribution in [0.3, 0.4) is 0 Å². The third-order valence-corrected chi connectivity index (χ3v) is 3.50. The van der Waals surface area contributed by atoms with Crippen molar-refractivity contribution in [3.63, 3.8) is 0 Å². The van der Waals surface area contributed by atoms with Crippen molar-refractivity contribution in [2.45, 2.75) is 56.2 Å². The van der Waals surface area contributed by atoms with Gasteiger partial charge in [-0.3, -0.25) is 4.79 Å². The van der Waals surface area contributed by atoms with Crippen LogP contribution in [0.4, 0.5) is 0 Å². The van der Waals surface area contributed by atoms with E-state index in [1.165, 1.54) is 0 Å². The Bertz CT molecular complexity index is 353. The molecule has 1 aliphatic heterocycles. The van der Waals surface area contributed by atoms with E-state index in [4.69, 9.17) is 5.73 Å². The zero-order valence-electron chi connectivity index (χ0n) is 11.3. The molecule has 0 aromatic rings. The number of nitrogens with two attached hydrogens (primary N) is 1. The van der Waals surface area contributed by atoms with E-state index in [0.29, 0.717) is 19.3 Å². The van der Waals surface area contributed by atoms with Gasteiger partial charge in [-0.2, -0.15) is 0 Å². The standard InChI is InChI=1S/C14H24N2O2/c1-5-7-13(8-6-2)10-14(18,11(15)17)9-12(3,4)16-13/h5-6,16,18H,1-2,7-10H2,3-4H3,(H2,15,17). The first-order valence-electron chi connectivity index (χ1n) is 6.22. The summed E-state index contributed by atoms with van der Waals surface area (Å²) < 4.78 is 0. The third-order valence-electron chi connectivity index (χ3n) is 3.50. The van der Waals surface area contributed by atoms with E-state index in [-0.39, 0.29) is 12.0 Å². The predicted octanol–water partition coefficient (Wildman–Crippen LogP) is 1.26. The molecule has 0 aliphatic carbocycles. The lowest BCUT2D eigenvalue weighted by atomic mass is 9.69. The fraction of sp³-hybridized carbons (Fsp3) is 0.643. The maximum Gasteiger partial charge on any atom is 0.249 e. The van der Waals surface area contributed by atoms with Gasteiger partial charge in [0.1, 0.15) is 5.60 Å². The van der Waals surface area contributed by atoms with E-state index in [1.54, 1.807) is 12.2 Å². The summed E-state index contributed by atoms with van der Waals surface area (Å²) >= 11 is 0. The average molecular weight is 252 g/mol. The molecule has 0 aromatic carbocycles. The first kappa shape index (κ1) is 14.9. The van der Waals surface area contributed by atoms with Crippen LogP contribution in [-0.2, 0) is 4.79 Å². The Morgan fingerprint density at radius 2 is 1.83 bits per heavy atom. The molecule has 102 valence electrons. The van der Waals surface area contributed by atoms with Crippen molar-refractivity contribution in [2.75, 3.05) is 0 Å². The number of nitrogens with one attached hydrogen (secondary N) is 1. The summed E-state index contributed by atoms with van der Waals surface area (Å²) in [6.45, 7) is 11.4. The van der Waals surface area contributed by atoms with Crippen LogP contribution in [0, 0.1) is 0 Å². The van der Waals surface area contributed by atoms with Crippen molar-refractivity contribution in [2.24, 2.45) is 5.73 Å². The first-order valence-corrected chi connectivity index (χ1v) is 6.22. The van der Waals surface area contributed by atoms with Crippen LogP contribution < -0.4 is 11.1 Å². The second-order valence-electron chi connectivity index (χ2n) is 6.02. The van der Waals surface area contributed by atoms with Gasteiger partial charge < -0.3 is 16.2 Å². The van der Waals surface area contributed by atoms with E-state index in [9.17, 15) is 9.90 Å². The highest BCUT2D eigenvalue weighted by molar-refractivity contribution is 5.83. The molecule has 0 bridgehead atoms. The molecule has 1 unspecified atom stereocenters. The van der Waals surface area contributed by atoms with Crippen molar-refractivity contribution in [1.29, 1.82) is 0 Å². The van der Waals surface area contributed by atoms with Gasteiger partial charge in [0.05, 0.1) is 0 Å². The summed E-state index contributed by atoms with van der Waals surface area (Å²) in [5.41, 5.74) is 3.12. The van der Waals surface area contributed by atoms with Crippen LogP contribution >= 0.6 is 0 Å². The molecule has 4 heteroatoms. The Balaban J connectivity index is 3.14. The number of carbonyl (C=O) groups excluding carboxylic acids is 1. The molecular formula is C14H24N2O2. The summed E-state index contributed by atoms with van der Waals surface area (Å²) in [5, 5.41) is 14.0. The molecule has 1 aliphatic rings. The number of aliphatic hydroxyl groups is 1. The van der Waals surface area contributed by atoms with Gasteiger partial charge in [0.15, 0.2) is 0 Å². The Labute approximate surface area is 109 Å². The topological polar surface area (TPSA) is 75.3 Å². The molecular weight excluding hydrogens is 228 g/mol. The fourth-order valence-corrected chi connectivity index (χ4v) is 3.22. The molecule has 0 aromatic heterocycles. The summed E-state index contributed by atoms with van der Waals surface area (Å²) in [4.78, 5) is 11.6. The Morgan fingerprint density at radius 1 is 1.33 bits per heavy atom. The lowest BCUT2D eigenvalue weighted by Crippen LogP contribution is -2.68. The number of carbonyl (C=O) groups is 1. The van der Waals surface area contributed by atoms with Gasteiger partial charge in [0.25, 0.3) is 0 Å². The second-order valence-corrected chi connectivity index (χ2v) is 6.02. The quantitative estimate of drug-likeness (QED) is 0.645. The van der Waals surface area contributed by atoms with E-state index < -0.39 is 17.0 Å². The van der Waals surface area contributed by atoms with Gasteiger partial charge in [0.2, 0.25) is 5.91 Å². The van der Waals surface area contributed by atoms with Crippen molar-refractivity contribution in [3.05, 3.63) is 25.3 Å². The highest BCUT2D eigenvalue weighted by Gasteiger charge is 2.52. The minimum atomic E-state index is -1.47. The number of rotatable bonds is 5. The molecule has 1 rings (SSSR count). The zero-order chi connectivity index (χ0) is 14.0. The molecule has 4 N–H and O–H groups in total. The number of amides is 1. The number of primary amides is 1. The molecule has 4 nitrogen and oxygen atoms in total. The number of hydrogen-bond acceptors (Lipinski definition) is 3. The van der Waals surface area contributed by atoms with Gasteiger partial charge in [-0.15, -0.1) is 13.2 Å². The third kappa shape index (κ3) is 3.00. The normalized spacial score (nSPS) is 29.5. The van der Waals surface area contributed by atoms with E-state index in [0.717, 1.165) is 0 Å². The lowest BCUT2D eigenvalue weighted by Gasteiger charge is -2.52. The van der Waals surface area contributed by atoms with E-state index in [1.807, 2.05) is 13.8 Å². The van der Waals surface area contributed by atoms with Gasteiger partial charge in [0, 0.05) is 23.9 Å². The van der Waals surface area contributed by atoms with Crippen LogP contribution in [-0.4, -0.2) is 27.7 Å². The number of piperidine rings is 1. The van der Waals surface area contributed by atoms with Crippen LogP contribution in [0.15, 0.2) is 25.3 Å². The smallest absolute Gasteiger partial charge is 0.249 e. The van der Waals surface area contributed by atoms with Gasteiger partial charge in [-0.05, 0) is 26.7 Å². The van der Waals surface area contributed by atoms with Crippen molar-refractivity contribution in [1.82, 2.24) is 5.32 Å². The molecule has 0 radical (unpaired) electrons. The van der Waals surface area contributed by atoms with Crippen LogP contribution in [0.25, 0.3) is 0 Å². The summed E-state index contributed by atoms with van der Waals surface area (Å²) in [6, 6.07) is 0. The van der Waals surface area contributed by atoms with Gasteiger partial charge >= 0.3 is 0 Å². The highest BCUT2D eigenvalue weighted by atomic mass is 16.3. The van der Waals surface area contributed by atoms with Gasteiger partial charge in [-0.1, -0.05) is 12.2 Å². The van der Waals surface area contributed by atoms with Crippen molar-refractivity contribution in [3.8, 4) is 0 Å². The monoisotopic (exact) mass is 252 g/mol. The largest absolute Gasteiger partial charge is 0.380 e. The van der Waals surface area contributed by atoms with Crippen molar-refractivity contribution < 1.29 is 9.90 Å². The minimum Gasteiger partial charge on any atom is -0.380 e. The molecule has 1 atom stereocenters. The van der Waals surface area contributed by atoms with Gasteiger partial charge in [-0.25, -0.2) is 0 Å². The van der Waals surface area contributed by atoms with E-state index >= 15 is 0 Å². The predicted molar refractivity (Wildman–Crippen MR) is 73.0 cm³/mol. The molecule has 18 heavy (non-hydrogen) atoms. The second kappa shape index (κ2) is 4.86. The molecule has 0 saturated carbocycles. The summed E-state index contributed by atoms with van der Waals surface area (Å²) in [5.74, 6) is -0.658. The average Bonchev–Trinajstić information content (AvgIpc) is 2.14. The molecule has 0 spiro atoms. The van der Waals surface area contributed by atoms with Crippen LogP contribution in [0.2, 0.25) is 0 Å². The maximum atomic E-state index is 11.6. The highest BCUT2D eigenvalue weighted by Crippen LogP contribution is 2.39. The van der Waals surface area contributed by atoms with Crippen LogP contribution in [0.1, 0.15) is 39.5 Å². The van der Waals surface area contributed by atoms with Crippen LogP contribution in [0.5, 0.6) is 0 Å². The summed E-state index contributed by atoms with van der Waals surface area (Å²) in [6.07, 6.45) is 5.48. The summed E-state index contributed by atoms with van der Waals surface area (Å²) in [7, 11) is 0. The lowest BCUT2D eigenvalue weighted by molar-refractivity contribution is -0.147. The van der Waals surface area contributed by atoms with E-state index in [2.05, 4.69) is 18.5 Å². The molecule has 1 heterocycles. The maximum absolute atomic E-state index is 11.6. The minimum absolute atomic E-state index is 0.288.